The molecule has 2 aromatic carbocycles. The number of hydrogen-bond acceptors (Lipinski definition) is 7. The summed E-state index contributed by atoms with van der Waals surface area (Å²) in [5.74, 6) is 0.639. The summed E-state index contributed by atoms with van der Waals surface area (Å²) in [5.41, 5.74) is 1.08. The molecule has 4 rings (SSSR count). The number of nitrogens with zero attached hydrogens (tertiary/aromatic N) is 4. The van der Waals surface area contributed by atoms with Gasteiger partial charge in [-0.3, -0.25) is 14.8 Å². The van der Waals surface area contributed by atoms with Gasteiger partial charge >= 0.3 is 0 Å². The summed E-state index contributed by atoms with van der Waals surface area (Å²) in [5, 5.41) is 10.8. The number of nitro groups is 1. The van der Waals surface area contributed by atoms with E-state index >= 15 is 0 Å². The van der Waals surface area contributed by atoms with Gasteiger partial charge in [0.1, 0.15) is 0 Å². The topological polar surface area (TPSA) is 118 Å². The molecule has 3 aromatic rings. The van der Waals surface area contributed by atoms with E-state index in [1.165, 1.54) is 12.1 Å². The normalized spacial score (nSPS) is 14.4. The van der Waals surface area contributed by atoms with E-state index in [-0.39, 0.29) is 16.4 Å². The van der Waals surface area contributed by atoms with Crippen LogP contribution in [0.3, 0.4) is 0 Å². The molecule has 0 aliphatic carbocycles. The molecule has 0 radical (unpaired) electrons. The van der Waals surface area contributed by atoms with E-state index < -0.39 is 14.9 Å². The molecule has 0 saturated carbocycles. The van der Waals surface area contributed by atoms with Crippen LogP contribution in [0.15, 0.2) is 53.4 Å². The minimum atomic E-state index is -3.98. The molecule has 144 valence electrons. The maximum Gasteiger partial charge on any atom is 0.269 e. The lowest BCUT2D eigenvalue weighted by molar-refractivity contribution is -0.384. The first-order valence-corrected chi connectivity index (χ1v) is 10.2. The SMILES string of the molecule is O=[N+]([O-])c1ccc(S(=O)(=O)Nc2nc3ccccc3nc2N2CCCC2)cc1. The lowest BCUT2D eigenvalue weighted by Crippen LogP contribution is -2.23. The number of para-hydroxylation sites is 2. The fourth-order valence-corrected chi connectivity index (χ4v) is 4.15. The second kappa shape index (κ2) is 7.04. The molecule has 1 N–H and O–H groups in total. The summed E-state index contributed by atoms with van der Waals surface area (Å²) in [7, 11) is -3.98. The van der Waals surface area contributed by atoms with E-state index in [0.29, 0.717) is 16.9 Å². The van der Waals surface area contributed by atoms with Crippen LogP contribution in [0.25, 0.3) is 11.0 Å². The zero-order chi connectivity index (χ0) is 19.7. The Morgan fingerprint density at radius 3 is 2.18 bits per heavy atom. The van der Waals surface area contributed by atoms with Crippen LogP contribution in [0.5, 0.6) is 0 Å². The Bertz CT molecular complexity index is 1140. The van der Waals surface area contributed by atoms with E-state index in [0.717, 1.165) is 38.1 Å². The van der Waals surface area contributed by atoms with Crippen molar-refractivity contribution in [1.82, 2.24) is 9.97 Å². The fourth-order valence-electron chi connectivity index (χ4n) is 3.14. The summed E-state index contributed by atoms with van der Waals surface area (Å²) in [4.78, 5) is 21.2. The Morgan fingerprint density at radius 2 is 1.57 bits per heavy atom. The number of nitrogens with one attached hydrogen (secondary N) is 1. The van der Waals surface area contributed by atoms with Crippen molar-refractivity contribution in [2.45, 2.75) is 17.7 Å². The minimum absolute atomic E-state index is 0.0829. The molecule has 10 heteroatoms. The number of sulfonamides is 1. The third-order valence-corrected chi connectivity index (χ3v) is 5.90. The predicted molar refractivity (Wildman–Crippen MR) is 105 cm³/mol. The van der Waals surface area contributed by atoms with Gasteiger partial charge in [-0.15, -0.1) is 0 Å². The quantitative estimate of drug-likeness (QED) is 0.517. The maximum atomic E-state index is 12.8. The molecule has 2 heterocycles. The largest absolute Gasteiger partial charge is 0.354 e. The summed E-state index contributed by atoms with van der Waals surface area (Å²) in [6, 6.07) is 12.0. The predicted octanol–water partition coefficient (Wildman–Crippen LogP) is 2.94. The number of nitro benzene ring substituents is 1. The van der Waals surface area contributed by atoms with Crippen molar-refractivity contribution in [3.63, 3.8) is 0 Å². The minimum Gasteiger partial charge on any atom is -0.354 e. The van der Waals surface area contributed by atoms with Gasteiger partial charge in [-0.05, 0) is 37.1 Å². The van der Waals surface area contributed by atoms with Crippen LogP contribution in [0.2, 0.25) is 0 Å². The van der Waals surface area contributed by atoms with Crippen molar-refractivity contribution in [3.05, 3.63) is 58.6 Å². The Hall–Kier alpha value is -3.27. The van der Waals surface area contributed by atoms with Gasteiger partial charge in [0.2, 0.25) is 0 Å². The lowest BCUT2D eigenvalue weighted by Gasteiger charge is -2.20. The van der Waals surface area contributed by atoms with Crippen LogP contribution >= 0.6 is 0 Å². The molecule has 9 nitrogen and oxygen atoms in total. The van der Waals surface area contributed by atoms with Crippen LogP contribution < -0.4 is 9.62 Å². The Morgan fingerprint density at radius 1 is 0.964 bits per heavy atom. The van der Waals surface area contributed by atoms with E-state index in [1.54, 1.807) is 12.1 Å². The number of anilines is 2. The lowest BCUT2D eigenvalue weighted by atomic mass is 10.3. The molecule has 0 bridgehead atoms. The number of benzene rings is 2. The van der Waals surface area contributed by atoms with E-state index in [2.05, 4.69) is 14.7 Å². The van der Waals surface area contributed by atoms with Crippen LogP contribution in [0.4, 0.5) is 17.3 Å². The van der Waals surface area contributed by atoms with Crippen molar-refractivity contribution >= 4 is 38.4 Å². The van der Waals surface area contributed by atoms with Crippen LogP contribution in [0.1, 0.15) is 12.8 Å². The third kappa shape index (κ3) is 3.46. The zero-order valence-electron chi connectivity index (χ0n) is 14.8. The van der Waals surface area contributed by atoms with Crippen molar-refractivity contribution in [3.8, 4) is 0 Å². The van der Waals surface area contributed by atoms with E-state index in [4.69, 9.17) is 0 Å². The number of aromatic nitrogens is 2. The molecule has 1 saturated heterocycles. The molecule has 28 heavy (non-hydrogen) atoms. The second-order valence-electron chi connectivity index (χ2n) is 6.44. The van der Waals surface area contributed by atoms with Gasteiger partial charge < -0.3 is 4.90 Å². The summed E-state index contributed by atoms with van der Waals surface area (Å²) in [6.45, 7) is 1.55. The number of fused-ring (bicyclic) bond motifs is 1. The van der Waals surface area contributed by atoms with Crippen LogP contribution in [-0.2, 0) is 10.0 Å². The average Bonchev–Trinajstić information content (AvgIpc) is 3.22. The van der Waals surface area contributed by atoms with E-state index in [9.17, 15) is 18.5 Å². The number of rotatable bonds is 5. The first-order valence-electron chi connectivity index (χ1n) is 8.73. The van der Waals surface area contributed by atoms with Crippen molar-refractivity contribution < 1.29 is 13.3 Å². The zero-order valence-corrected chi connectivity index (χ0v) is 15.6. The molecule has 0 unspecified atom stereocenters. The number of hydrogen-bond donors (Lipinski definition) is 1. The molecular formula is C18H17N5O4S. The first kappa shape index (κ1) is 18.1. The monoisotopic (exact) mass is 399 g/mol. The van der Waals surface area contributed by atoms with Gasteiger partial charge in [-0.25, -0.2) is 18.4 Å². The molecular weight excluding hydrogens is 382 g/mol. The Balaban J connectivity index is 1.74. The number of non-ortho nitro benzene ring substituents is 1. The maximum absolute atomic E-state index is 12.8. The van der Waals surface area contributed by atoms with Gasteiger partial charge in [0.05, 0.1) is 20.9 Å². The van der Waals surface area contributed by atoms with Gasteiger partial charge in [0, 0.05) is 25.2 Å². The molecule has 1 aliphatic rings. The molecule has 1 aromatic heterocycles. The highest BCUT2D eigenvalue weighted by atomic mass is 32.2. The molecule has 0 atom stereocenters. The van der Waals surface area contributed by atoms with Crippen molar-refractivity contribution in [2.75, 3.05) is 22.7 Å². The highest BCUT2D eigenvalue weighted by Gasteiger charge is 2.24. The highest BCUT2D eigenvalue weighted by Crippen LogP contribution is 2.29. The fraction of sp³-hybridized carbons (Fsp3) is 0.222. The van der Waals surface area contributed by atoms with Crippen LogP contribution in [-0.4, -0.2) is 36.4 Å². The van der Waals surface area contributed by atoms with Gasteiger partial charge in [-0.2, -0.15) is 0 Å². The van der Waals surface area contributed by atoms with Gasteiger partial charge in [0.15, 0.2) is 11.6 Å². The molecule has 0 spiro atoms. The average molecular weight is 399 g/mol. The Kier molecular flexibility index (Phi) is 4.55. The first-order chi connectivity index (χ1) is 13.4. The summed E-state index contributed by atoms with van der Waals surface area (Å²) < 4.78 is 28.1. The van der Waals surface area contributed by atoms with E-state index in [1.807, 2.05) is 17.0 Å². The third-order valence-electron chi connectivity index (χ3n) is 4.55. The summed E-state index contributed by atoms with van der Waals surface area (Å²) >= 11 is 0. The molecule has 1 fully saturated rings. The van der Waals surface area contributed by atoms with Crippen molar-refractivity contribution in [1.29, 1.82) is 0 Å². The Labute approximate surface area is 161 Å². The highest BCUT2D eigenvalue weighted by molar-refractivity contribution is 7.92. The second-order valence-corrected chi connectivity index (χ2v) is 8.12. The van der Waals surface area contributed by atoms with Crippen molar-refractivity contribution in [2.24, 2.45) is 0 Å². The van der Waals surface area contributed by atoms with Crippen LogP contribution in [0, 0.1) is 10.1 Å². The smallest absolute Gasteiger partial charge is 0.269 e. The molecule has 1 aliphatic heterocycles. The van der Waals surface area contributed by atoms with Gasteiger partial charge in [0.25, 0.3) is 15.7 Å². The molecule has 0 amide bonds. The summed E-state index contributed by atoms with van der Waals surface area (Å²) in [6.07, 6.45) is 2.01. The standard InChI is InChI=1S/C18H17N5O4S/c24-23(25)13-7-9-14(10-8-13)28(26,27)21-17-18(22-11-3-4-12-22)20-16-6-2-1-5-15(16)19-17/h1-2,5-10H,3-4,11-12H2,(H,19,21). The van der Waals surface area contributed by atoms with Gasteiger partial charge in [-0.1, -0.05) is 12.1 Å².